The molecule has 1 aliphatic rings. The highest BCUT2D eigenvalue weighted by Gasteiger charge is 2.23. The van der Waals surface area contributed by atoms with E-state index in [1.807, 2.05) is 6.07 Å². The smallest absolute Gasteiger partial charge is 0.219 e. The average molecular weight is 302 g/mol. The number of nitrogens with two attached hydrogens (primary N) is 1. The quantitative estimate of drug-likeness (QED) is 0.915. The van der Waals surface area contributed by atoms with Crippen LogP contribution in [0.4, 0.5) is 10.8 Å². The lowest BCUT2D eigenvalue weighted by Crippen LogP contribution is -2.38. The molecule has 0 amide bonds. The third kappa shape index (κ3) is 3.03. The molecule has 8 heteroatoms. The molecule has 0 radical (unpaired) electrons. The highest BCUT2D eigenvalue weighted by Crippen LogP contribution is 2.27. The van der Waals surface area contributed by atoms with Gasteiger partial charge in [-0.3, -0.25) is 4.98 Å². The molecule has 0 unspecified atom stereocenters. The fourth-order valence-corrected chi connectivity index (χ4v) is 2.93. The summed E-state index contributed by atoms with van der Waals surface area (Å²) in [5.74, 6) is 0.686. The Bertz CT molecular complexity index is 659. The van der Waals surface area contributed by atoms with E-state index in [0.717, 1.165) is 31.1 Å². The first-order chi connectivity index (χ1) is 10.3. The van der Waals surface area contributed by atoms with Gasteiger partial charge < -0.3 is 15.4 Å². The lowest BCUT2D eigenvalue weighted by molar-refractivity contribution is 0.172. The molecule has 3 rings (SSSR count). The predicted octanol–water partition coefficient (Wildman–Crippen LogP) is 1.43. The molecule has 0 aliphatic carbocycles. The number of nitrogens with zero attached hydrogens (tertiary/aromatic N) is 5. The molecule has 0 atom stereocenters. The minimum Gasteiger partial charge on any atom is -0.488 e. The number of nitriles is 1. The fourth-order valence-electron chi connectivity index (χ4n) is 2.23. The van der Waals surface area contributed by atoms with Crippen LogP contribution in [0.2, 0.25) is 0 Å². The Kier molecular flexibility index (Phi) is 3.83. The molecule has 3 heterocycles. The largest absolute Gasteiger partial charge is 0.488 e. The van der Waals surface area contributed by atoms with Gasteiger partial charge in [0.25, 0.3) is 0 Å². The molecule has 2 aromatic rings. The summed E-state index contributed by atoms with van der Waals surface area (Å²) in [4.78, 5) is 6.08. The maximum atomic E-state index is 8.78. The predicted molar refractivity (Wildman–Crippen MR) is 79.1 cm³/mol. The molecule has 108 valence electrons. The number of ether oxygens (including phenoxy) is 1. The van der Waals surface area contributed by atoms with E-state index in [0.29, 0.717) is 16.4 Å². The average Bonchev–Trinajstić information content (AvgIpc) is 2.99. The van der Waals surface area contributed by atoms with Crippen LogP contribution in [-0.4, -0.2) is 34.4 Å². The van der Waals surface area contributed by atoms with Crippen LogP contribution >= 0.6 is 11.3 Å². The number of aromatic nitrogens is 3. The SMILES string of the molecule is N#Cc1nnc(N2CCC(Oc3ccncc3N)CC2)s1. The van der Waals surface area contributed by atoms with E-state index in [-0.39, 0.29) is 6.10 Å². The lowest BCUT2D eigenvalue weighted by Gasteiger charge is -2.31. The van der Waals surface area contributed by atoms with Crippen LogP contribution in [0.15, 0.2) is 18.5 Å². The van der Waals surface area contributed by atoms with Gasteiger partial charge in [-0.15, -0.1) is 10.2 Å². The van der Waals surface area contributed by atoms with Crippen LogP contribution in [0.5, 0.6) is 5.75 Å². The van der Waals surface area contributed by atoms with Gasteiger partial charge in [0.2, 0.25) is 10.1 Å². The molecule has 2 N–H and O–H groups in total. The van der Waals surface area contributed by atoms with Gasteiger partial charge in [-0.2, -0.15) is 5.26 Å². The summed E-state index contributed by atoms with van der Waals surface area (Å²) in [5, 5.41) is 17.8. The molecule has 0 aromatic carbocycles. The van der Waals surface area contributed by atoms with Gasteiger partial charge in [-0.1, -0.05) is 11.3 Å². The number of rotatable bonds is 3. The molecular formula is C13H14N6OS. The van der Waals surface area contributed by atoms with Gasteiger partial charge in [0.1, 0.15) is 17.9 Å². The van der Waals surface area contributed by atoms with Crippen molar-refractivity contribution in [2.24, 2.45) is 0 Å². The van der Waals surface area contributed by atoms with E-state index in [1.165, 1.54) is 11.3 Å². The van der Waals surface area contributed by atoms with Crippen molar-refractivity contribution in [3.05, 3.63) is 23.5 Å². The topological polar surface area (TPSA) is 101 Å². The summed E-state index contributed by atoms with van der Waals surface area (Å²) < 4.78 is 5.92. The highest BCUT2D eigenvalue weighted by molar-refractivity contribution is 7.15. The molecular weight excluding hydrogens is 288 g/mol. The van der Waals surface area contributed by atoms with Gasteiger partial charge in [-0.25, -0.2) is 0 Å². The fraction of sp³-hybridized carbons (Fsp3) is 0.385. The van der Waals surface area contributed by atoms with Gasteiger partial charge in [0.15, 0.2) is 0 Å². The van der Waals surface area contributed by atoms with Crippen LogP contribution in [0, 0.1) is 11.3 Å². The molecule has 21 heavy (non-hydrogen) atoms. The Labute approximate surface area is 126 Å². The number of piperidine rings is 1. The first-order valence-electron chi connectivity index (χ1n) is 6.61. The van der Waals surface area contributed by atoms with Gasteiger partial charge in [0.05, 0.1) is 11.9 Å². The van der Waals surface area contributed by atoms with Crippen molar-refractivity contribution in [3.8, 4) is 11.8 Å². The van der Waals surface area contributed by atoms with Crippen molar-refractivity contribution in [1.82, 2.24) is 15.2 Å². The highest BCUT2D eigenvalue weighted by atomic mass is 32.1. The Morgan fingerprint density at radius 2 is 2.19 bits per heavy atom. The zero-order valence-corrected chi connectivity index (χ0v) is 12.1. The molecule has 0 bridgehead atoms. The Hall–Kier alpha value is -2.40. The number of hydrogen-bond acceptors (Lipinski definition) is 8. The first-order valence-corrected chi connectivity index (χ1v) is 7.42. The van der Waals surface area contributed by atoms with Crippen LogP contribution in [0.1, 0.15) is 17.8 Å². The second kappa shape index (κ2) is 5.93. The first kappa shape index (κ1) is 13.6. The number of hydrogen-bond donors (Lipinski definition) is 1. The Balaban J connectivity index is 1.58. The van der Waals surface area contributed by atoms with Crippen molar-refractivity contribution in [3.63, 3.8) is 0 Å². The van der Waals surface area contributed by atoms with E-state index < -0.39 is 0 Å². The summed E-state index contributed by atoms with van der Waals surface area (Å²) in [6, 6.07) is 3.79. The third-order valence-corrected chi connectivity index (χ3v) is 4.21. The molecule has 1 fully saturated rings. The van der Waals surface area contributed by atoms with E-state index in [4.69, 9.17) is 15.7 Å². The lowest BCUT2D eigenvalue weighted by atomic mass is 10.1. The minimum absolute atomic E-state index is 0.134. The van der Waals surface area contributed by atoms with Crippen LogP contribution in [-0.2, 0) is 0 Å². The summed E-state index contributed by atoms with van der Waals surface area (Å²) in [7, 11) is 0. The standard InChI is InChI=1S/C13H14N6OS/c14-7-12-17-18-13(21-12)19-5-2-9(3-6-19)20-11-1-4-16-8-10(11)15/h1,4,8-9H,2-3,5-6,15H2. The van der Waals surface area contributed by atoms with Crippen molar-refractivity contribution >= 4 is 22.2 Å². The van der Waals surface area contributed by atoms with Gasteiger partial charge in [0, 0.05) is 38.2 Å². The van der Waals surface area contributed by atoms with E-state index >= 15 is 0 Å². The summed E-state index contributed by atoms with van der Waals surface area (Å²) >= 11 is 1.32. The maximum absolute atomic E-state index is 8.78. The summed E-state index contributed by atoms with van der Waals surface area (Å²) in [5.41, 5.74) is 6.39. The minimum atomic E-state index is 0.134. The zero-order chi connectivity index (χ0) is 14.7. The summed E-state index contributed by atoms with van der Waals surface area (Å²) in [6.45, 7) is 1.66. The van der Waals surface area contributed by atoms with Crippen molar-refractivity contribution < 1.29 is 4.74 Å². The third-order valence-electron chi connectivity index (χ3n) is 3.33. The summed E-state index contributed by atoms with van der Waals surface area (Å²) in [6.07, 6.45) is 5.15. The molecule has 1 aliphatic heterocycles. The number of anilines is 2. The molecule has 0 saturated carbocycles. The molecule has 0 spiro atoms. The second-order valence-corrected chi connectivity index (χ2v) is 5.68. The zero-order valence-electron chi connectivity index (χ0n) is 11.3. The van der Waals surface area contributed by atoms with Crippen LogP contribution < -0.4 is 15.4 Å². The van der Waals surface area contributed by atoms with Crippen molar-refractivity contribution in [2.45, 2.75) is 18.9 Å². The number of nitrogen functional groups attached to an aromatic ring is 1. The van der Waals surface area contributed by atoms with Gasteiger partial charge >= 0.3 is 0 Å². The van der Waals surface area contributed by atoms with E-state index in [1.54, 1.807) is 18.5 Å². The normalized spacial score (nSPS) is 15.7. The van der Waals surface area contributed by atoms with Crippen molar-refractivity contribution in [1.29, 1.82) is 5.26 Å². The van der Waals surface area contributed by atoms with Crippen LogP contribution in [0.25, 0.3) is 0 Å². The monoisotopic (exact) mass is 302 g/mol. The Morgan fingerprint density at radius 3 is 2.86 bits per heavy atom. The van der Waals surface area contributed by atoms with E-state index in [2.05, 4.69) is 20.1 Å². The molecule has 7 nitrogen and oxygen atoms in total. The van der Waals surface area contributed by atoms with E-state index in [9.17, 15) is 0 Å². The van der Waals surface area contributed by atoms with Crippen LogP contribution in [0.3, 0.4) is 0 Å². The molecule has 1 saturated heterocycles. The second-order valence-electron chi connectivity index (χ2n) is 4.72. The molecule has 2 aromatic heterocycles. The van der Waals surface area contributed by atoms with Gasteiger partial charge in [-0.05, 0) is 0 Å². The Morgan fingerprint density at radius 1 is 1.38 bits per heavy atom. The van der Waals surface area contributed by atoms with Crippen molar-refractivity contribution in [2.75, 3.05) is 23.7 Å². The number of pyridine rings is 1. The maximum Gasteiger partial charge on any atom is 0.219 e.